The summed E-state index contributed by atoms with van der Waals surface area (Å²) in [5.74, 6) is 0. The first-order chi connectivity index (χ1) is 7.84. The molecule has 0 amide bonds. The van der Waals surface area contributed by atoms with Gasteiger partial charge in [-0.2, -0.15) is 0 Å². The monoisotopic (exact) mass is 363 g/mol. The van der Waals surface area contributed by atoms with Crippen molar-refractivity contribution in [1.82, 2.24) is 9.88 Å². The maximum atomic E-state index is 5.74. The molecule has 5 heteroatoms. The topological polar surface area (TPSA) is 42.2 Å². The van der Waals surface area contributed by atoms with E-state index < -0.39 is 0 Å². The highest BCUT2D eigenvalue weighted by Crippen LogP contribution is 2.22. The number of nitrogens with zero attached hydrogens (tertiary/aromatic N) is 2. The van der Waals surface area contributed by atoms with Gasteiger partial charge in [-0.15, -0.1) is 0 Å². The van der Waals surface area contributed by atoms with E-state index in [0.29, 0.717) is 6.54 Å². The van der Waals surface area contributed by atoms with E-state index in [9.17, 15) is 0 Å². The minimum absolute atomic E-state index is 0.136. The molecule has 96 valence electrons. The first-order valence-corrected chi connectivity index (χ1v) is 7.11. The summed E-state index contributed by atoms with van der Waals surface area (Å²) in [5.41, 5.74) is 6.92. The van der Waals surface area contributed by atoms with Crippen LogP contribution in [0.4, 0.5) is 0 Å². The maximum absolute atomic E-state index is 5.74. The van der Waals surface area contributed by atoms with Crippen molar-refractivity contribution in [3.63, 3.8) is 0 Å². The number of hydrogen-bond donors (Lipinski definition) is 1. The summed E-state index contributed by atoms with van der Waals surface area (Å²) >= 11 is 6.93. The number of halogens is 2. The van der Waals surface area contributed by atoms with Crippen molar-refractivity contribution >= 4 is 31.9 Å². The Morgan fingerprint density at radius 2 is 2.06 bits per heavy atom. The van der Waals surface area contributed by atoms with E-state index in [-0.39, 0.29) is 5.41 Å². The Morgan fingerprint density at radius 3 is 2.59 bits per heavy atom. The van der Waals surface area contributed by atoms with Crippen LogP contribution in [0, 0.1) is 5.41 Å². The molecule has 1 rings (SSSR count). The molecule has 0 unspecified atom stereocenters. The minimum atomic E-state index is 0.136. The molecule has 1 heterocycles. The summed E-state index contributed by atoms with van der Waals surface area (Å²) in [4.78, 5) is 6.65. The predicted molar refractivity (Wildman–Crippen MR) is 78.8 cm³/mol. The van der Waals surface area contributed by atoms with Gasteiger partial charge in [0.25, 0.3) is 0 Å². The van der Waals surface area contributed by atoms with Gasteiger partial charge < -0.3 is 5.73 Å². The SMILES string of the molecule is CN(Cc1ncc(Br)cc1Br)CC(C)(C)CN. The minimum Gasteiger partial charge on any atom is -0.330 e. The third-order valence-electron chi connectivity index (χ3n) is 2.55. The number of nitrogens with two attached hydrogens (primary N) is 1. The summed E-state index contributed by atoms with van der Waals surface area (Å²) in [6.07, 6.45) is 1.82. The zero-order valence-electron chi connectivity index (χ0n) is 10.5. The lowest BCUT2D eigenvalue weighted by atomic mass is 9.93. The van der Waals surface area contributed by atoms with Crippen molar-refractivity contribution in [3.05, 3.63) is 26.9 Å². The van der Waals surface area contributed by atoms with E-state index in [1.165, 1.54) is 0 Å². The second kappa shape index (κ2) is 6.27. The van der Waals surface area contributed by atoms with Crippen molar-refractivity contribution in [2.45, 2.75) is 20.4 Å². The smallest absolute Gasteiger partial charge is 0.0686 e. The molecule has 0 aliphatic heterocycles. The zero-order chi connectivity index (χ0) is 13.1. The maximum Gasteiger partial charge on any atom is 0.0686 e. The van der Waals surface area contributed by atoms with Crippen molar-refractivity contribution in [2.75, 3.05) is 20.1 Å². The second-order valence-electron chi connectivity index (χ2n) is 5.12. The van der Waals surface area contributed by atoms with Crippen molar-refractivity contribution in [1.29, 1.82) is 0 Å². The molecule has 17 heavy (non-hydrogen) atoms. The molecule has 0 bridgehead atoms. The number of pyridine rings is 1. The van der Waals surface area contributed by atoms with E-state index >= 15 is 0 Å². The van der Waals surface area contributed by atoms with Gasteiger partial charge in [0.1, 0.15) is 0 Å². The summed E-state index contributed by atoms with van der Waals surface area (Å²) in [6, 6.07) is 2.02. The van der Waals surface area contributed by atoms with Crippen LogP contribution >= 0.6 is 31.9 Å². The third kappa shape index (κ3) is 5.04. The van der Waals surface area contributed by atoms with E-state index in [4.69, 9.17) is 5.73 Å². The largest absolute Gasteiger partial charge is 0.330 e. The predicted octanol–water partition coefficient (Wildman–Crippen LogP) is 3.02. The Balaban J connectivity index is 2.65. The van der Waals surface area contributed by atoms with Crippen molar-refractivity contribution < 1.29 is 0 Å². The van der Waals surface area contributed by atoms with E-state index in [1.54, 1.807) is 0 Å². The lowest BCUT2D eigenvalue weighted by molar-refractivity contribution is 0.208. The van der Waals surface area contributed by atoms with Gasteiger partial charge in [0.2, 0.25) is 0 Å². The molecule has 0 aliphatic rings. The summed E-state index contributed by atoms with van der Waals surface area (Å²) < 4.78 is 2.02. The fraction of sp³-hybridized carbons (Fsp3) is 0.583. The molecule has 1 aromatic rings. The molecule has 0 aliphatic carbocycles. The van der Waals surface area contributed by atoms with Crippen LogP contribution in [-0.2, 0) is 6.54 Å². The van der Waals surface area contributed by atoms with Gasteiger partial charge in [-0.1, -0.05) is 13.8 Å². The Kier molecular flexibility index (Phi) is 5.57. The molecular formula is C12H19Br2N3. The zero-order valence-corrected chi connectivity index (χ0v) is 13.7. The van der Waals surface area contributed by atoms with E-state index in [1.807, 2.05) is 12.3 Å². The first kappa shape index (κ1) is 15.1. The fourth-order valence-electron chi connectivity index (χ4n) is 1.67. The van der Waals surface area contributed by atoms with Gasteiger partial charge in [-0.3, -0.25) is 9.88 Å². The van der Waals surface area contributed by atoms with Crippen LogP contribution in [-0.4, -0.2) is 30.0 Å². The van der Waals surface area contributed by atoms with Crippen LogP contribution in [0.2, 0.25) is 0 Å². The van der Waals surface area contributed by atoms with Crippen LogP contribution in [0.25, 0.3) is 0 Å². The van der Waals surface area contributed by atoms with Gasteiger partial charge in [0, 0.05) is 28.2 Å². The molecule has 0 saturated heterocycles. The summed E-state index contributed by atoms with van der Waals surface area (Å²) in [7, 11) is 2.09. The number of hydrogen-bond acceptors (Lipinski definition) is 3. The van der Waals surface area contributed by atoms with Gasteiger partial charge in [-0.25, -0.2) is 0 Å². The number of aromatic nitrogens is 1. The quantitative estimate of drug-likeness (QED) is 0.873. The van der Waals surface area contributed by atoms with Crippen molar-refractivity contribution in [3.8, 4) is 0 Å². The highest BCUT2D eigenvalue weighted by Gasteiger charge is 2.18. The summed E-state index contributed by atoms with van der Waals surface area (Å²) in [5, 5.41) is 0. The fourth-order valence-corrected chi connectivity index (χ4v) is 2.78. The number of rotatable bonds is 5. The van der Waals surface area contributed by atoms with Crippen LogP contribution < -0.4 is 5.73 Å². The Labute approximate surface area is 120 Å². The highest BCUT2D eigenvalue weighted by molar-refractivity contribution is 9.11. The standard InChI is InChI=1S/C12H19Br2N3/c1-12(2,7-15)8-17(3)6-11-10(14)4-9(13)5-16-11/h4-5H,6-8,15H2,1-3H3. The average molecular weight is 365 g/mol. The lowest BCUT2D eigenvalue weighted by Gasteiger charge is -2.28. The highest BCUT2D eigenvalue weighted by atomic mass is 79.9. The molecule has 1 aromatic heterocycles. The Hall–Kier alpha value is 0.0300. The normalized spacial score (nSPS) is 12.2. The van der Waals surface area contributed by atoms with Crippen molar-refractivity contribution in [2.24, 2.45) is 11.1 Å². The molecule has 0 spiro atoms. The molecule has 2 N–H and O–H groups in total. The second-order valence-corrected chi connectivity index (χ2v) is 6.89. The van der Waals surface area contributed by atoms with Gasteiger partial charge in [-0.05, 0) is 56.9 Å². The van der Waals surface area contributed by atoms with E-state index in [0.717, 1.165) is 27.7 Å². The average Bonchev–Trinajstić information content (AvgIpc) is 2.21. The van der Waals surface area contributed by atoms with E-state index in [2.05, 4.69) is 62.6 Å². The molecule has 0 saturated carbocycles. The Bertz CT molecular complexity index is 380. The summed E-state index contributed by atoms with van der Waals surface area (Å²) in [6.45, 7) is 6.80. The molecular weight excluding hydrogens is 346 g/mol. The third-order valence-corrected chi connectivity index (χ3v) is 3.67. The molecule has 0 atom stereocenters. The van der Waals surface area contributed by atoms with Gasteiger partial charge in [0.15, 0.2) is 0 Å². The molecule has 0 aromatic carbocycles. The van der Waals surface area contributed by atoms with Gasteiger partial charge in [0.05, 0.1) is 5.69 Å². The van der Waals surface area contributed by atoms with Crippen LogP contribution in [0.1, 0.15) is 19.5 Å². The lowest BCUT2D eigenvalue weighted by Crippen LogP contribution is -2.36. The molecule has 3 nitrogen and oxygen atoms in total. The first-order valence-electron chi connectivity index (χ1n) is 5.52. The molecule has 0 radical (unpaired) electrons. The molecule has 0 fully saturated rings. The van der Waals surface area contributed by atoms with Gasteiger partial charge >= 0.3 is 0 Å². The Morgan fingerprint density at radius 1 is 1.41 bits per heavy atom. The van der Waals surface area contributed by atoms with Crippen LogP contribution in [0.15, 0.2) is 21.2 Å². The van der Waals surface area contributed by atoms with Crippen LogP contribution in [0.5, 0.6) is 0 Å². The van der Waals surface area contributed by atoms with Crippen LogP contribution in [0.3, 0.4) is 0 Å².